The number of hydrogen-bond donors (Lipinski definition) is 0. The van der Waals surface area contributed by atoms with Crippen LogP contribution in [-0.2, 0) is 35.1 Å². The van der Waals surface area contributed by atoms with E-state index in [2.05, 4.69) is 0 Å². The normalized spacial score (nSPS) is 24.2. The van der Waals surface area contributed by atoms with Crippen LogP contribution < -0.4 is 0 Å². The molecule has 2 fully saturated rings. The lowest BCUT2D eigenvalue weighted by molar-refractivity contribution is -0.164. The van der Waals surface area contributed by atoms with E-state index in [4.69, 9.17) is 18.9 Å². The Balaban J connectivity index is 1.39. The third-order valence-corrected chi connectivity index (χ3v) is 6.15. The van der Waals surface area contributed by atoms with Gasteiger partial charge in [0, 0.05) is 6.08 Å². The fourth-order valence-corrected chi connectivity index (χ4v) is 4.49. The van der Waals surface area contributed by atoms with Gasteiger partial charge in [-0.15, -0.1) is 0 Å². The van der Waals surface area contributed by atoms with Gasteiger partial charge in [-0.1, -0.05) is 91.0 Å². The van der Waals surface area contributed by atoms with Crippen LogP contribution in [0.3, 0.4) is 0 Å². The van der Waals surface area contributed by atoms with Gasteiger partial charge >= 0.3 is 11.9 Å². The topological polar surface area (TPSA) is 71.1 Å². The lowest BCUT2D eigenvalue weighted by Crippen LogP contribution is -2.39. The van der Waals surface area contributed by atoms with Crippen LogP contribution >= 0.6 is 0 Å². The first-order chi connectivity index (χ1) is 17.2. The molecule has 5 rings (SSSR count). The minimum Gasteiger partial charge on any atom is -0.457 e. The molecule has 5 atom stereocenters. The molecule has 0 radical (unpaired) electrons. The first-order valence-electron chi connectivity index (χ1n) is 11.7. The second-order valence-corrected chi connectivity index (χ2v) is 8.57. The van der Waals surface area contributed by atoms with E-state index >= 15 is 0 Å². The summed E-state index contributed by atoms with van der Waals surface area (Å²) in [4.78, 5) is 24.8. The summed E-state index contributed by atoms with van der Waals surface area (Å²) < 4.78 is 24.0. The smallest absolute Gasteiger partial charge is 0.331 e. The van der Waals surface area contributed by atoms with Crippen LogP contribution in [0.15, 0.2) is 97.1 Å². The van der Waals surface area contributed by atoms with Crippen molar-refractivity contribution < 1.29 is 28.5 Å². The standard InChI is InChI=1S/C29H26O6/c30-24(17-16-20-10-4-1-5-11-20)34-26(22-14-8-3-9-15-22)29-28(27-23(33-29)18-25(31)35-27)32-19-21-12-6-2-7-13-21/h1-17,23,26-29H,18-19H2/b17-16+/t23-,26-,27+,28-,29-/m1/s1. The molecule has 35 heavy (non-hydrogen) atoms. The summed E-state index contributed by atoms with van der Waals surface area (Å²) >= 11 is 0. The van der Waals surface area contributed by atoms with E-state index < -0.39 is 36.5 Å². The predicted molar refractivity (Wildman–Crippen MR) is 129 cm³/mol. The van der Waals surface area contributed by atoms with Crippen LogP contribution in [0, 0.1) is 0 Å². The third-order valence-electron chi connectivity index (χ3n) is 6.15. The first-order valence-corrected chi connectivity index (χ1v) is 11.7. The minimum atomic E-state index is -0.741. The molecule has 0 unspecified atom stereocenters. The maximum Gasteiger partial charge on any atom is 0.331 e. The highest BCUT2D eigenvalue weighted by Gasteiger charge is 2.55. The summed E-state index contributed by atoms with van der Waals surface area (Å²) in [6.07, 6.45) is 0.283. The van der Waals surface area contributed by atoms with Gasteiger partial charge in [-0.25, -0.2) is 4.79 Å². The molecule has 0 saturated carbocycles. The van der Waals surface area contributed by atoms with Crippen molar-refractivity contribution in [3.8, 4) is 0 Å². The Morgan fingerprint density at radius 3 is 2.31 bits per heavy atom. The van der Waals surface area contributed by atoms with E-state index in [1.807, 2.05) is 91.0 Å². The second kappa shape index (κ2) is 10.7. The summed E-state index contributed by atoms with van der Waals surface area (Å²) in [5.41, 5.74) is 2.65. The van der Waals surface area contributed by atoms with Crippen molar-refractivity contribution in [2.75, 3.05) is 0 Å². The molecule has 2 aliphatic rings. The summed E-state index contributed by atoms with van der Waals surface area (Å²) in [6.45, 7) is 0.315. The van der Waals surface area contributed by atoms with E-state index in [1.165, 1.54) is 6.08 Å². The molecule has 0 N–H and O–H groups in total. The van der Waals surface area contributed by atoms with Crippen LogP contribution in [-0.4, -0.2) is 36.4 Å². The van der Waals surface area contributed by atoms with E-state index in [9.17, 15) is 9.59 Å². The zero-order valence-corrected chi connectivity index (χ0v) is 19.1. The van der Waals surface area contributed by atoms with Gasteiger partial charge in [-0.2, -0.15) is 0 Å². The van der Waals surface area contributed by atoms with Crippen molar-refractivity contribution in [3.05, 3.63) is 114 Å². The van der Waals surface area contributed by atoms with E-state index in [0.717, 1.165) is 16.7 Å². The van der Waals surface area contributed by atoms with Crippen molar-refractivity contribution in [1.29, 1.82) is 0 Å². The molecule has 0 amide bonds. The van der Waals surface area contributed by atoms with Crippen molar-refractivity contribution in [3.63, 3.8) is 0 Å². The molecule has 3 aromatic rings. The molecule has 6 nitrogen and oxygen atoms in total. The van der Waals surface area contributed by atoms with Gasteiger partial charge in [0.25, 0.3) is 0 Å². The van der Waals surface area contributed by atoms with Crippen molar-refractivity contribution in [2.24, 2.45) is 0 Å². The highest BCUT2D eigenvalue weighted by Crippen LogP contribution is 2.40. The Kier molecular flexibility index (Phi) is 7.02. The van der Waals surface area contributed by atoms with Gasteiger partial charge in [0.15, 0.2) is 12.2 Å². The summed E-state index contributed by atoms with van der Waals surface area (Å²) in [6, 6.07) is 28.7. The van der Waals surface area contributed by atoms with Crippen molar-refractivity contribution >= 4 is 18.0 Å². The largest absolute Gasteiger partial charge is 0.457 e. The molecule has 0 spiro atoms. The molecule has 2 aliphatic heterocycles. The SMILES string of the molecule is O=C(/C=C/c1ccccc1)O[C@H](c1ccccc1)[C@H]1O[C@@H]2CC(=O)O[C@@H]2[C@H]1OCc1ccccc1. The molecule has 178 valence electrons. The molecule has 0 aliphatic carbocycles. The summed E-state index contributed by atoms with van der Waals surface area (Å²) in [5.74, 6) is -0.812. The van der Waals surface area contributed by atoms with Gasteiger partial charge in [-0.3, -0.25) is 4.79 Å². The molecule has 2 heterocycles. The number of esters is 2. The molecular formula is C29H26O6. The van der Waals surface area contributed by atoms with Gasteiger partial charge < -0.3 is 18.9 Å². The number of rotatable bonds is 8. The van der Waals surface area contributed by atoms with Crippen LogP contribution in [0.1, 0.15) is 29.2 Å². The highest BCUT2D eigenvalue weighted by molar-refractivity contribution is 5.87. The highest BCUT2D eigenvalue weighted by atomic mass is 16.7. The molecule has 3 aromatic carbocycles. The monoisotopic (exact) mass is 470 g/mol. The molecule has 6 heteroatoms. The Morgan fingerprint density at radius 2 is 1.60 bits per heavy atom. The lowest BCUT2D eigenvalue weighted by atomic mass is 9.98. The fraction of sp³-hybridized carbons (Fsp3) is 0.241. The maximum absolute atomic E-state index is 12.9. The first kappa shape index (κ1) is 23.0. The predicted octanol–water partition coefficient (Wildman–Crippen LogP) is 4.65. The molecule has 0 aromatic heterocycles. The number of benzene rings is 3. The average molecular weight is 471 g/mol. The minimum absolute atomic E-state index is 0.149. The average Bonchev–Trinajstić information content (AvgIpc) is 3.42. The Morgan fingerprint density at radius 1 is 0.943 bits per heavy atom. The van der Waals surface area contributed by atoms with Gasteiger partial charge in [0.1, 0.15) is 18.3 Å². The molecule has 2 saturated heterocycles. The zero-order chi connectivity index (χ0) is 24.0. The van der Waals surface area contributed by atoms with Crippen molar-refractivity contribution in [1.82, 2.24) is 0 Å². The number of ether oxygens (including phenoxy) is 4. The quantitative estimate of drug-likeness (QED) is 0.353. The van der Waals surface area contributed by atoms with Gasteiger partial charge in [0.05, 0.1) is 13.0 Å². The van der Waals surface area contributed by atoms with Crippen LogP contribution in [0.5, 0.6) is 0 Å². The molecular weight excluding hydrogens is 444 g/mol. The number of carbonyl (C=O) groups is 2. The number of carbonyl (C=O) groups excluding carboxylic acids is 2. The Bertz CT molecular complexity index is 1160. The van der Waals surface area contributed by atoms with Crippen LogP contribution in [0.2, 0.25) is 0 Å². The second-order valence-electron chi connectivity index (χ2n) is 8.57. The Hall–Kier alpha value is -3.74. The molecule has 0 bridgehead atoms. The van der Waals surface area contributed by atoms with E-state index in [0.29, 0.717) is 6.61 Å². The van der Waals surface area contributed by atoms with E-state index in [-0.39, 0.29) is 12.4 Å². The summed E-state index contributed by atoms with van der Waals surface area (Å²) in [7, 11) is 0. The van der Waals surface area contributed by atoms with Crippen molar-refractivity contribution in [2.45, 2.75) is 43.5 Å². The van der Waals surface area contributed by atoms with E-state index in [1.54, 1.807) is 6.08 Å². The maximum atomic E-state index is 12.9. The third kappa shape index (κ3) is 5.50. The summed E-state index contributed by atoms with van der Waals surface area (Å²) in [5, 5.41) is 0. The van der Waals surface area contributed by atoms with Gasteiger partial charge in [0.2, 0.25) is 0 Å². The zero-order valence-electron chi connectivity index (χ0n) is 19.1. The fourth-order valence-electron chi connectivity index (χ4n) is 4.49. The number of fused-ring (bicyclic) bond motifs is 1. The lowest BCUT2D eigenvalue weighted by Gasteiger charge is -2.29. The van der Waals surface area contributed by atoms with Crippen LogP contribution in [0.4, 0.5) is 0 Å². The van der Waals surface area contributed by atoms with Gasteiger partial charge in [-0.05, 0) is 22.8 Å². The number of hydrogen-bond acceptors (Lipinski definition) is 6. The van der Waals surface area contributed by atoms with Crippen LogP contribution in [0.25, 0.3) is 6.08 Å². The Labute approximate surface area is 204 Å².